The molecule has 2 aliphatic rings. The monoisotopic (exact) mass is 243 g/mol. The van der Waals surface area contributed by atoms with Gasteiger partial charge in [-0.2, -0.15) is 0 Å². The normalized spacial score (nSPS) is 27.4. The molecule has 1 aromatic rings. The van der Waals surface area contributed by atoms with Gasteiger partial charge in [0.2, 0.25) is 0 Å². The molecule has 0 unspecified atom stereocenters. The summed E-state index contributed by atoms with van der Waals surface area (Å²) in [6.07, 6.45) is 5.72. The summed E-state index contributed by atoms with van der Waals surface area (Å²) in [6, 6.07) is 11.8. The Hall–Kier alpha value is -0.820. The summed E-state index contributed by atoms with van der Waals surface area (Å²) in [5.74, 6) is 0. The zero-order valence-corrected chi connectivity index (χ0v) is 11.9. The standard InChI is InChI=1S/C17H25N/c1-16(2,3)18-13-17(11-7-8-12-17)15(18)14-9-5-4-6-10-14/h4-6,9-10,15H,7-8,11-13H2,1-3H3/t15-/m1/s1. The molecule has 0 N–H and O–H groups in total. The second-order valence-electron chi connectivity index (χ2n) is 7.18. The summed E-state index contributed by atoms with van der Waals surface area (Å²) in [5, 5.41) is 0. The van der Waals surface area contributed by atoms with E-state index in [0.717, 1.165) is 0 Å². The molecular formula is C17H25N. The van der Waals surface area contributed by atoms with Crippen molar-refractivity contribution in [3.8, 4) is 0 Å². The van der Waals surface area contributed by atoms with E-state index in [2.05, 4.69) is 56.0 Å². The summed E-state index contributed by atoms with van der Waals surface area (Å²) in [6.45, 7) is 8.36. The molecule has 0 amide bonds. The molecule has 98 valence electrons. The highest BCUT2D eigenvalue weighted by atomic mass is 15.3. The molecule has 1 aliphatic heterocycles. The molecule has 2 fully saturated rings. The lowest BCUT2D eigenvalue weighted by atomic mass is 9.65. The molecule has 0 bridgehead atoms. The van der Waals surface area contributed by atoms with Crippen molar-refractivity contribution in [1.82, 2.24) is 4.90 Å². The molecule has 1 aliphatic carbocycles. The highest BCUT2D eigenvalue weighted by Gasteiger charge is 2.56. The molecular weight excluding hydrogens is 218 g/mol. The maximum Gasteiger partial charge on any atom is 0.0422 e. The van der Waals surface area contributed by atoms with Gasteiger partial charge in [0, 0.05) is 23.5 Å². The summed E-state index contributed by atoms with van der Waals surface area (Å²) < 4.78 is 0. The van der Waals surface area contributed by atoms with E-state index >= 15 is 0 Å². The van der Waals surface area contributed by atoms with Crippen molar-refractivity contribution in [3.05, 3.63) is 35.9 Å². The molecule has 1 aromatic carbocycles. The number of nitrogens with zero attached hydrogens (tertiary/aromatic N) is 1. The predicted octanol–water partition coefficient (Wildman–Crippen LogP) is 4.40. The number of hydrogen-bond acceptors (Lipinski definition) is 1. The molecule has 1 spiro atoms. The van der Waals surface area contributed by atoms with E-state index in [9.17, 15) is 0 Å². The Balaban J connectivity index is 1.94. The fourth-order valence-corrected chi connectivity index (χ4v) is 4.04. The molecule has 1 saturated carbocycles. The van der Waals surface area contributed by atoms with Crippen LogP contribution in [0.5, 0.6) is 0 Å². The van der Waals surface area contributed by atoms with Crippen LogP contribution in [0, 0.1) is 5.41 Å². The minimum atomic E-state index is 0.286. The van der Waals surface area contributed by atoms with E-state index < -0.39 is 0 Å². The largest absolute Gasteiger partial charge is 0.290 e. The van der Waals surface area contributed by atoms with Gasteiger partial charge in [0.05, 0.1) is 0 Å². The van der Waals surface area contributed by atoms with E-state index in [1.807, 2.05) is 0 Å². The second-order valence-corrected chi connectivity index (χ2v) is 7.18. The number of hydrogen-bond donors (Lipinski definition) is 0. The van der Waals surface area contributed by atoms with Gasteiger partial charge in [0.1, 0.15) is 0 Å². The first kappa shape index (κ1) is 12.2. The quantitative estimate of drug-likeness (QED) is 0.706. The van der Waals surface area contributed by atoms with Crippen LogP contribution >= 0.6 is 0 Å². The van der Waals surface area contributed by atoms with Crippen LogP contribution in [0.15, 0.2) is 30.3 Å². The van der Waals surface area contributed by atoms with Crippen LogP contribution in [-0.4, -0.2) is 17.0 Å². The van der Waals surface area contributed by atoms with Crippen molar-refractivity contribution >= 4 is 0 Å². The maximum atomic E-state index is 2.70. The smallest absolute Gasteiger partial charge is 0.0422 e. The Bertz CT molecular complexity index is 409. The minimum absolute atomic E-state index is 0.286. The lowest BCUT2D eigenvalue weighted by Gasteiger charge is -2.61. The van der Waals surface area contributed by atoms with Gasteiger partial charge in [-0.15, -0.1) is 0 Å². The van der Waals surface area contributed by atoms with Crippen molar-refractivity contribution in [2.24, 2.45) is 5.41 Å². The van der Waals surface area contributed by atoms with Gasteiger partial charge in [-0.3, -0.25) is 4.90 Å². The lowest BCUT2D eigenvalue weighted by molar-refractivity contribution is -0.125. The highest BCUT2D eigenvalue weighted by Crippen LogP contribution is 2.59. The second kappa shape index (κ2) is 4.09. The van der Waals surface area contributed by atoms with Crippen LogP contribution in [0.4, 0.5) is 0 Å². The third kappa shape index (κ3) is 1.80. The average Bonchev–Trinajstić information content (AvgIpc) is 2.77. The summed E-state index contributed by atoms with van der Waals surface area (Å²) in [5.41, 5.74) is 2.41. The highest BCUT2D eigenvalue weighted by molar-refractivity contribution is 5.27. The van der Waals surface area contributed by atoms with Crippen LogP contribution in [-0.2, 0) is 0 Å². The molecule has 1 heteroatoms. The van der Waals surface area contributed by atoms with Gasteiger partial charge in [0.25, 0.3) is 0 Å². The van der Waals surface area contributed by atoms with E-state index in [-0.39, 0.29) is 5.54 Å². The number of rotatable bonds is 1. The van der Waals surface area contributed by atoms with Crippen LogP contribution in [0.25, 0.3) is 0 Å². The first-order valence-electron chi connectivity index (χ1n) is 7.35. The predicted molar refractivity (Wildman–Crippen MR) is 76.5 cm³/mol. The first-order valence-corrected chi connectivity index (χ1v) is 7.35. The summed E-state index contributed by atoms with van der Waals surface area (Å²) in [4.78, 5) is 2.70. The Morgan fingerprint density at radius 1 is 1.06 bits per heavy atom. The average molecular weight is 243 g/mol. The Kier molecular flexibility index (Phi) is 2.78. The summed E-state index contributed by atoms with van der Waals surface area (Å²) >= 11 is 0. The molecule has 1 heterocycles. The van der Waals surface area contributed by atoms with E-state index in [0.29, 0.717) is 11.5 Å². The van der Waals surface area contributed by atoms with Crippen molar-refractivity contribution in [1.29, 1.82) is 0 Å². The summed E-state index contributed by atoms with van der Waals surface area (Å²) in [7, 11) is 0. The van der Waals surface area contributed by atoms with Gasteiger partial charge in [-0.05, 0) is 39.2 Å². The fourth-order valence-electron chi connectivity index (χ4n) is 4.04. The van der Waals surface area contributed by atoms with Gasteiger partial charge >= 0.3 is 0 Å². The first-order chi connectivity index (χ1) is 8.53. The molecule has 0 radical (unpaired) electrons. The fraction of sp³-hybridized carbons (Fsp3) is 0.647. The SMILES string of the molecule is CC(C)(C)N1CC2(CCCC2)[C@H]1c1ccccc1. The maximum absolute atomic E-state index is 2.70. The molecule has 1 nitrogen and oxygen atoms in total. The van der Waals surface area contributed by atoms with Crippen molar-refractivity contribution in [2.75, 3.05) is 6.54 Å². The van der Waals surface area contributed by atoms with Crippen molar-refractivity contribution < 1.29 is 0 Å². The van der Waals surface area contributed by atoms with Crippen LogP contribution in [0.2, 0.25) is 0 Å². The van der Waals surface area contributed by atoms with E-state index in [4.69, 9.17) is 0 Å². The lowest BCUT2D eigenvalue weighted by Crippen LogP contribution is -2.63. The molecule has 3 rings (SSSR count). The van der Waals surface area contributed by atoms with E-state index in [1.54, 1.807) is 0 Å². The van der Waals surface area contributed by atoms with Gasteiger partial charge in [-0.25, -0.2) is 0 Å². The number of benzene rings is 1. The van der Waals surface area contributed by atoms with Crippen LogP contribution in [0.3, 0.4) is 0 Å². The molecule has 1 saturated heterocycles. The molecule has 1 atom stereocenters. The Morgan fingerprint density at radius 3 is 2.22 bits per heavy atom. The van der Waals surface area contributed by atoms with Gasteiger partial charge in [-0.1, -0.05) is 43.2 Å². The molecule has 18 heavy (non-hydrogen) atoms. The van der Waals surface area contributed by atoms with Crippen LogP contribution in [0.1, 0.15) is 58.1 Å². The zero-order chi connectivity index (χ0) is 12.8. The van der Waals surface area contributed by atoms with E-state index in [1.165, 1.54) is 37.8 Å². The van der Waals surface area contributed by atoms with Crippen molar-refractivity contribution in [2.45, 2.75) is 58.0 Å². The Labute approximate surface area is 111 Å². The topological polar surface area (TPSA) is 3.24 Å². The van der Waals surface area contributed by atoms with Crippen molar-refractivity contribution in [3.63, 3.8) is 0 Å². The molecule has 0 aromatic heterocycles. The third-order valence-corrected chi connectivity index (χ3v) is 4.95. The zero-order valence-electron chi connectivity index (χ0n) is 11.9. The van der Waals surface area contributed by atoms with Gasteiger partial charge < -0.3 is 0 Å². The Morgan fingerprint density at radius 2 is 1.67 bits per heavy atom. The van der Waals surface area contributed by atoms with Gasteiger partial charge in [0.15, 0.2) is 0 Å². The minimum Gasteiger partial charge on any atom is -0.290 e. The van der Waals surface area contributed by atoms with Crippen LogP contribution < -0.4 is 0 Å². The number of likely N-dealkylation sites (tertiary alicyclic amines) is 1. The third-order valence-electron chi connectivity index (χ3n) is 4.95.